The summed E-state index contributed by atoms with van der Waals surface area (Å²) in [6.45, 7) is 0.875. The molecule has 1 aromatic rings. The van der Waals surface area contributed by atoms with E-state index < -0.39 is 11.9 Å². The predicted octanol–water partition coefficient (Wildman–Crippen LogP) is 1.25. The first-order valence-corrected chi connectivity index (χ1v) is 7.00. The second kappa shape index (κ2) is 5.20. The number of carbonyl (C=O) groups is 3. The lowest BCUT2D eigenvalue weighted by molar-refractivity contribution is -0.141. The first kappa shape index (κ1) is 13.6. The van der Waals surface area contributed by atoms with Gasteiger partial charge in [-0.2, -0.15) is 0 Å². The van der Waals surface area contributed by atoms with Gasteiger partial charge in [-0.3, -0.25) is 14.4 Å². The Hall–Kier alpha value is -2.37. The summed E-state index contributed by atoms with van der Waals surface area (Å²) in [4.78, 5) is 38.0. The Labute approximate surface area is 122 Å². The zero-order chi connectivity index (χ0) is 15.0. The smallest absolute Gasteiger partial charge is 0.308 e. The predicted molar refractivity (Wildman–Crippen MR) is 76.1 cm³/mol. The molecule has 1 aromatic carbocycles. The van der Waals surface area contributed by atoms with Crippen molar-refractivity contribution in [3.05, 3.63) is 24.3 Å². The van der Waals surface area contributed by atoms with Gasteiger partial charge >= 0.3 is 5.97 Å². The summed E-state index contributed by atoms with van der Waals surface area (Å²) in [5.41, 5.74) is 1.42. The molecule has 0 bridgehead atoms. The molecule has 1 atom stereocenters. The van der Waals surface area contributed by atoms with Gasteiger partial charge < -0.3 is 14.9 Å². The average Bonchev–Trinajstić information content (AvgIpc) is 3.05. The molecule has 21 heavy (non-hydrogen) atoms. The summed E-state index contributed by atoms with van der Waals surface area (Å²) in [6, 6.07) is 7.18. The fourth-order valence-electron chi connectivity index (χ4n) is 2.87. The highest BCUT2D eigenvalue weighted by Crippen LogP contribution is 2.30. The van der Waals surface area contributed by atoms with Crippen molar-refractivity contribution in [1.29, 1.82) is 0 Å². The van der Waals surface area contributed by atoms with Crippen LogP contribution in [0, 0.1) is 5.92 Å². The molecule has 2 aliphatic rings. The van der Waals surface area contributed by atoms with E-state index in [1.807, 2.05) is 6.07 Å². The van der Waals surface area contributed by atoms with E-state index >= 15 is 0 Å². The Balaban J connectivity index is 1.85. The van der Waals surface area contributed by atoms with Gasteiger partial charge in [-0.05, 0) is 24.6 Å². The van der Waals surface area contributed by atoms with Gasteiger partial charge in [0.2, 0.25) is 11.8 Å². The summed E-state index contributed by atoms with van der Waals surface area (Å²) in [6.07, 6.45) is 1.42. The molecule has 1 N–H and O–H groups in total. The molecule has 2 aliphatic heterocycles. The second-order valence-corrected chi connectivity index (χ2v) is 5.41. The van der Waals surface area contributed by atoms with E-state index in [1.165, 1.54) is 4.90 Å². The van der Waals surface area contributed by atoms with Crippen LogP contribution in [0.1, 0.15) is 19.3 Å². The van der Waals surface area contributed by atoms with Crippen LogP contribution in [0.3, 0.4) is 0 Å². The molecule has 0 aliphatic carbocycles. The number of aliphatic carboxylic acids is 1. The monoisotopic (exact) mass is 288 g/mol. The maximum Gasteiger partial charge on any atom is 0.308 e. The molecular formula is C15H16N2O4. The van der Waals surface area contributed by atoms with E-state index in [9.17, 15) is 14.4 Å². The Bertz CT molecular complexity index is 613. The number of anilines is 2. The fraction of sp³-hybridized carbons (Fsp3) is 0.400. The van der Waals surface area contributed by atoms with Crippen molar-refractivity contribution >= 4 is 29.2 Å². The summed E-state index contributed by atoms with van der Waals surface area (Å²) >= 11 is 0. The third kappa shape index (κ3) is 2.49. The lowest BCUT2D eigenvalue weighted by Gasteiger charge is -2.20. The molecule has 0 radical (unpaired) electrons. The van der Waals surface area contributed by atoms with Crippen molar-refractivity contribution in [2.45, 2.75) is 19.3 Å². The van der Waals surface area contributed by atoms with Crippen LogP contribution in [0.15, 0.2) is 24.3 Å². The summed E-state index contributed by atoms with van der Waals surface area (Å²) < 4.78 is 0. The average molecular weight is 288 g/mol. The van der Waals surface area contributed by atoms with Crippen molar-refractivity contribution in [3.8, 4) is 0 Å². The standard InChI is InChI=1S/C15H16N2O4/c18-13-5-2-6-16(13)11-3-1-4-12(8-11)17-9-10(15(20)21)7-14(17)19/h1,3-4,8,10H,2,5-7,9H2,(H,20,21). The highest BCUT2D eigenvalue weighted by atomic mass is 16.4. The zero-order valence-corrected chi connectivity index (χ0v) is 11.5. The summed E-state index contributed by atoms with van der Waals surface area (Å²) in [5.74, 6) is -1.71. The fourth-order valence-corrected chi connectivity index (χ4v) is 2.87. The highest BCUT2D eigenvalue weighted by molar-refractivity contribution is 6.00. The Morgan fingerprint density at radius 3 is 2.43 bits per heavy atom. The van der Waals surface area contributed by atoms with Crippen LogP contribution in [0.4, 0.5) is 11.4 Å². The van der Waals surface area contributed by atoms with Gasteiger partial charge in [0.25, 0.3) is 0 Å². The van der Waals surface area contributed by atoms with Crippen molar-refractivity contribution in [2.24, 2.45) is 5.92 Å². The number of hydrogen-bond donors (Lipinski definition) is 1. The molecule has 0 aromatic heterocycles. The van der Waals surface area contributed by atoms with Crippen LogP contribution in [-0.2, 0) is 14.4 Å². The number of carboxylic acids is 1. The SMILES string of the molecule is O=C(O)C1CC(=O)N(c2cccc(N3CCCC3=O)c2)C1. The largest absolute Gasteiger partial charge is 0.481 e. The number of benzene rings is 1. The molecule has 110 valence electrons. The molecule has 0 saturated carbocycles. The van der Waals surface area contributed by atoms with Gasteiger partial charge in [-0.1, -0.05) is 6.07 Å². The first-order valence-electron chi connectivity index (χ1n) is 7.00. The van der Waals surface area contributed by atoms with Gasteiger partial charge in [-0.25, -0.2) is 0 Å². The van der Waals surface area contributed by atoms with Crippen molar-refractivity contribution in [1.82, 2.24) is 0 Å². The summed E-state index contributed by atoms with van der Waals surface area (Å²) in [7, 11) is 0. The zero-order valence-electron chi connectivity index (χ0n) is 11.5. The maximum absolute atomic E-state index is 12.0. The van der Waals surface area contributed by atoms with E-state index in [1.54, 1.807) is 23.1 Å². The normalized spacial score (nSPS) is 22.2. The molecule has 2 amide bonds. The third-order valence-corrected chi connectivity index (χ3v) is 4.00. The van der Waals surface area contributed by atoms with E-state index in [4.69, 9.17) is 5.11 Å². The first-order chi connectivity index (χ1) is 10.1. The van der Waals surface area contributed by atoms with Crippen molar-refractivity contribution in [3.63, 3.8) is 0 Å². The Morgan fingerprint density at radius 2 is 1.86 bits per heavy atom. The molecule has 0 spiro atoms. The van der Waals surface area contributed by atoms with Crippen LogP contribution >= 0.6 is 0 Å². The second-order valence-electron chi connectivity index (χ2n) is 5.41. The number of carbonyl (C=O) groups excluding carboxylic acids is 2. The lowest BCUT2D eigenvalue weighted by atomic mass is 10.1. The van der Waals surface area contributed by atoms with Crippen LogP contribution < -0.4 is 9.80 Å². The summed E-state index contributed by atoms with van der Waals surface area (Å²) in [5, 5.41) is 9.03. The minimum atomic E-state index is -0.947. The van der Waals surface area contributed by atoms with Crippen molar-refractivity contribution < 1.29 is 19.5 Å². The molecular weight excluding hydrogens is 272 g/mol. The van der Waals surface area contributed by atoms with E-state index in [-0.39, 0.29) is 24.8 Å². The highest BCUT2D eigenvalue weighted by Gasteiger charge is 2.35. The Morgan fingerprint density at radius 1 is 1.14 bits per heavy atom. The van der Waals surface area contributed by atoms with Crippen LogP contribution in [0.5, 0.6) is 0 Å². The van der Waals surface area contributed by atoms with Gasteiger partial charge in [0, 0.05) is 37.3 Å². The number of amides is 2. The molecule has 3 rings (SSSR count). The van der Waals surface area contributed by atoms with E-state index in [0.29, 0.717) is 18.7 Å². The number of rotatable bonds is 3. The van der Waals surface area contributed by atoms with Crippen LogP contribution in [0.25, 0.3) is 0 Å². The molecule has 2 saturated heterocycles. The van der Waals surface area contributed by atoms with Gasteiger partial charge in [-0.15, -0.1) is 0 Å². The Kier molecular flexibility index (Phi) is 3.37. The number of carboxylic acid groups (broad SMARTS) is 1. The topological polar surface area (TPSA) is 77.9 Å². The number of nitrogens with zero attached hydrogens (tertiary/aromatic N) is 2. The van der Waals surface area contributed by atoms with E-state index in [0.717, 1.165) is 12.1 Å². The molecule has 1 unspecified atom stereocenters. The lowest BCUT2D eigenvalue weighted by Crippen LogP contribution is -2.27. The van der Waals surface area contributed by atoms with Crippen LogP contribution in [-0.4, -0.2) is 36.0 Å². The molecule has 6 nitrogen and oxygen atoms in total. The molecule has 2 heterocycles. The minimum Gasteiger partial charge on any atom is -0.481 e. The van der Waals surface area contributed by atoms with Gasteiger partial charge in [0.05, 0.1) is 5.92 Å². The van der Waals surface area contributed by atoms with Gasteiger partial charge in [0.1, 0.15) is 0 Å². The molecule has 6 heteroatoms. The third-order valence-electron chi connectivity index (χ3n) is 4.00. The maximum atomic E-state index is 12.0. The quantitative estimate of drug-likeness (QED) is 0.908. The van der Waals surface area contributed by atoms with Crippen LogP contribution in [0.2, 0.25) is 0 Å². The van der Waals surface area contributed by atoms with Gasteiger partial charge in [0.15, 0.2) is 0 Å². The molecule has 2 fully saturated rings. The number of hydrogen-bond acceptors (Lipinski definition) is 3. The van der Waals surface area contributed by atoms with Crippen molar-refractivity contribution in [2.75, 3.05) is 22.9 Å². The van der Waals surface area contributed by atoms with E-state index in [2.05, 4.69) is 0 Å². The minimum absolute atomic E-state index is 0.0300.